The molecule has 8 nitrogen and oxygen atoms in total. The average molecular weight is 396 g/mol. The van der Waals surface area contributed by atoms with Gasteiger partial charge in [0.25, 0.3) is 5.56 Å². The van der Waals surface area contributed by atoms with Gasteiger partial charge in [0.2, 0.25) is 0 Å². The first-order valence-electron chi connectivity index (χ1n) is 9.37. The molecule has 2 aromatic heterocycles. The Morgan fingerprint density at radius 1 is 1.07 bits per heavy atom. The smallest absolute Gasteiger partial charge is 0.259 e. The van der Waals surface area contributed by atoms with Crippen molar-refractivity contribution in [2.75, 3.05) is 51.2 Å². The van der Waals surface area contributed by atoms with Gasteiger partial charge in [-0.1, -0.05) is 0 Å². The van der Waals surface area contributed by atoms with Crippen LogP contribution in [0.5, 0.6) is 11.5 Å². The Bertz CT molecular complexity index is 1090. The predicted octanol–water partition coefficient (Wildman–Crippen LogP) is 2.04. The molecule has 0 radical (unpaired) electrons. The van der Waals surface area contributed by atoms with E-state index < -0.39 is 0 Å². The number of ether oxygens (including phenoxy) is 3. The first-order chi connectivity index (χ1) is 14.0. The van der Waals surface area contributed by atoms with Crippen molar-refractivity contribution in [1.29, 1.82) is 0 Å². The Hall–Kier alpha value is -3.26. The van der Waals surface area contributed by atoms with E-state index in [1.165, 1.54) is 0 Å². The van der Waals surface area contributed by atoms with Crippen LogP contribution in [0.1, 0.15) is 0 Å². The molecule has 29 heavy (non-hydrogen) atoms. The van der Waals surface area contributed by atoms with Gasteiger partial charge in [0.15, 0.2) is 0 Å². The van der Waals surface area contributed by atoms with Gasteiger partial charge in [-0.25, -0.2) is 4.98 Å². The van der Waals surface area contributed by atoms with Crippen molar-refractivity contribution in [3.63, 3.8) is 0 Å². The molecule has 1 aliphatic heterocycles. The molecule has 0 amide bonds. The maximum absolute atomic E-state index is 12.7. The first kappa shape index (κ1) is 19.1. The molecular formula is C21H24N4O4. The lowest BCUT2D eigenvalue weighted by atomic mass is 10.00. The molecule has 0 unspecified atom stereocenters. The van der Waals surface area contributed by atoms with Crippen LogP contribution >= 0.6 is 0 Å². The van der Waals surface area contributed by atoms with Gasteiger partial charge >= 0.3 is 0 Å². The summed E-state index contributed by atoms with van der Waals surface area (Å²) in [4.78, 5) is 19.4. The minimum atomic E-state index is -0.0980. The standard InChI is InChI=1S/C21H24N4O4/c1-24-12-16(13-8-17(27-2)20(22)18(9-13)28-3)14-10-19(23-11-15(14)21(24)26)25-4-6-29-7-5-25/h8-12H,4-7,22H2,1-3H3. The number of nitrogens with zero attached hydrogens (tertiary/aromatic N) is 3. The zero-order chi connectivity index (χ0) is 20.5. The second-order valence-corrected chi connectivity index (χ2v) is 6.94. The summed E-state index contributed by atoms with van der Waals surface area (Å²) < 4.78 is 17.8. The van der Waals surface area contributed by atoms with Crippen molar-refractivity contribution < 1.29 is 14.2 Å². The lowest BCUT2D eigenvalue weighted by Gasteiger charge is -2.28. The van der Waals surface area contributed by atoms with E-state index in [1.807, 2.05) is 24.4 Å². The molecule has 0 saturated carbocycles. The Labute approximate surface area is 168 Å². The predicted molar refractivity (Wildman–Crippen MR) is 113 cm³/mol. The van der Waals surface area contributed by atoms with Gasteiger partial charge in [0.05, 0.1) is 32.8 Å². The highest BCUT2D eigenvalue weighted by atomic mass is 16.5. The molecule has 4 rings (SSSR count). The number of aromatic nitrogens is 2. The van der Waals surface area contributed by atoms with Crippen LogP contribution in [0.4, 0.5) is 11.5 Å². The molecule has 0 aliphatic carbocycles. The highest BCUT2D eigenvalue weighted by molar-refractivity contribution is 5.97. The van der Waals surface area contributed by atoms with Crippen molar-refractivity contribution in [3.8, 4) is 22.6 Å². The monoisotopic (exact) mass is 396 g/mol. The van der Waals surface area contributed by atoms with Crippen molar-refractivity contribution in [2.45, 2.75) is 0 Å². The van der Waals surface area contributed by atoms with Crippen LogP contribution in [0.15, 0.2) is 35.4 Å². The molecule has 3 heterocycles. The fourth-order valence-corrected chi connectivity index (χ4v) is 3.64. The molecule has 1 fully saturated rings. The van der Waals surface area contributed by atoms with Gasteiger partial charge in [-0.05, 0) is 23.8 Å². The number of hydrogen-bond donors (Lipinski definition) is 1. The number of anilines is 2. The number of nitrogen functional groups attached to an aromatic ring is 1. The third-order valence-electron chi connectivity index (χ3n) is 5.24. The van der Waals surface area contributed by atoms with Gasteiger partial charge in [-0.15, -0.1) is 0 Å². The third kappa shape index (κ3) is 3.36. The summed E-state index contributed by atoms with van der Waals surface area (Å²) in [7, 11) is 4.86. The summed E-state index contributed by atoms with van der Waals surface area (Å²) in [6, 6.07) is 5.67. The van der Waals surface area contributed by atoms with Crippen LogP contribution in [0.2, 0.25) is 0 Å². The number of rotatable bonds is 4. The van der Waals surface area contributed by atoms with Gasteiger partial charge in [-0.2, -0.15) is 0 Å². The highest BCUT2D eigenvalue weighted by Gasteiger charge is 2.18. The molecule has 1 aliphatic rings. The maximum atomic E-state index is 12.7. The Balaban J connectivity index is 1.96. The van der Waals surface area contributed by atoms with Crippen LogP contribution in [-0.2, 0) is 11.8 Å². The summed E-state index contributed by atoms with van der Waals surface area (Å²) in [5, 5.41) is 1.37. The second-order valence-electron chi connectivity index (χ2n) is 6.94. The van der Waals surface area contributed by atoms with Crippen LogP contribution in [0.25, 0.3) is 21.9 Å². The zero-order valence-electron chi connectivity index (χ0n) is 16.8. The van der Waals surface area contributed by atoms with E-state index in [1.54, 1.807) is 32.0 Å². The molecule has 8 heteroatoms. The lowest BCUT2D eigenvalue weighted by Crippen LogP contribution is -2.36. The Morgan fingerprint density at radius 3 is 2.34 bits per heavy atom. The molecule has 1 saturated heterocycles. The van der Waals surface area contributed by atoms with Gasteiger partial charge in [0.1, 0.15) is 23.0 Å². The van der Waals surface area contributed by atoms with E-state index in [0.717, 1.165) is 35.4 Å². The van der Waals surface area contributed by atoms with Gasteiger partial charge in [0, 0.05) is 43.5 Å². The van der Waals surface area contributed by atoms with E-state index in [4.69, 9.17) is 19.9 Å². The Kier molecular flexibility index (Phi) is 5.02. The lowest BCUT2D eigenvalue weighted by molar-refractivity contribution is 0.122. The third-order valence-corrected chi connectivity index (χ3v) is 5.24. The second kappa shape index (κ2) is 7.63. The van der Waals surface area contributed by atoms with E-state index in [0.29, 0.717) is 35.8 Å². The van der Waals surface area contributed by atoms with Gasteiger partial charge < -0.3 is 29.4 Å². The van der Waals surface area contributed by atoms with Crippen molar-refractivity contribution in [3.05, 3.63) is 40.9 Å². The largest absolute Gasteiger partial charge is 0.494 e. The van der Waals surface area contributed by atoms with Crippen molar-refractivity contribution in [1.82, 2.24) is 9.55 Å². The maximum Gasteiger partial charge on any atom is 0.259 e. The minimum absolute atomic E-state index is 0.0980. The fourth-order valence-electron chi connectivity index (χ4n) is 3.64. The molecule has 0 bridgehead atoms. The number of benzene rings is 1. The zero-order valence-corrected chi connectivity index (χ0v) is 16.8. The number of hydrogen-bond acceptors (Lipinski definition) is 7. The number of nitrogens with two attached hydrogens (primary N) is 1. The molecule has 3 aromatic rings. The number of methoxy groups -OCH3 is 2. The van der Waals surface area contributed by atoms with E-state index in [-0.39, 0.29) is 5.56 Å². The number of pyridine rings is 2. The summed E-state index contributed by atoms with van der Waals surface area (Å²) in [5.74, 6) is 1.86. The molecule has 0 atom stereocenters. The average Bonchev–Trinajstić information content (AvgIpc) is 2.76. The van der Waals surface area contributed by atoms with Crippen LogP contribution in [0.3, 0.4) is 0 Å². The summed E-state index contributed by atoms with van der Waals surface area (Å²) in [5.41, 5.74) is 8.15. The van der Waals surface area contributed by atoms with Gasteiger partial charge in [-0.3, -0.25) is 4.79 Å². The molecular weight excluding hydrogens is 372 g/mol. The van der Waals surface area contributed by atoms with Crippen molar-refractivity contribution >= 4 is 22.3 Å². The van der Waals surface area contributed by atoms with Crippen LogP contribution in [0, 0.1) is 0 Å². The SMILES string of the molecule is COc1cc(-c2cn(C)c(=O)c3cnc(N4CCOCC4)cc23)cc(OC)c1N. The normalized spacial score (nSPS) is 14.2. The topological polar surface area (TPSA) is 91.8 Å². The van der Waals surface area contributed by atoms with Crippen molar-refractivity contribution in [2.24, 2.45) is 7.05 Å². The summed E-state index contributed by atoms with van der Waals surface area (Å²) in [6.07, 6.45) is 3.47. The minimum Gasteiger partial charge on any atom is -0.494 e. The molecule has 0 spiro atoms. The quantitative estimate of drug-likeness (QED) is 0.675. The number of aryl methyl sites for hydroxylation is 1. The number of fused-ring (bicyclic) bond motifs is 1. The van der Waals surface area contributed by atoms with E-state index >= 15 is 0 Å². The summed E-state index contributed by atoms with van der Waals surface area (Å²) in [6.45, 7) is 2.86. The Morgan fingerprint density at radius 2 is 1.72 bits per heavy atom. The fraction of sp³-hybridized carbons (Fsp3) is 0.333. The summed E-state index contributed by atoms with van der Waals surface area (Å²) >= 11 is 0. The van der Waals surface area contributed by atoms with E-state index in [9.17, 15) is 4.79 Å². The van der Waals surface area contributed by atoms with E-state index in [2.05, 4.69) is 9.88 Å². The molecule has 2 N–H and O–H groups in total. The molecule has 1 aromatic carbocycles. The molecule has 152 valence electrons. The highest BCUT2D eigenvalue weighted by Crippen LogP contribution is 2.39. The van der Waals surface area contributed by atoms with Crippen LogP contribution in [-0.4, -0.2) is 50.1 Å². The first-order valence-corrected chi connectivity index (χ1v) is 9.37. The number of morpholine rings is 1. The van der Waals surface area contributed by atoms with Crippen LogP contribution < -0.4 is 25.7 Å².